The average molecular weight is 294 g/mol. The number of rotatable bonds is 4. The minimum atomic E-state index is -0.361. The highest BCUT2D eigenvalue weighted by Crippen LogP contribution is 2.31. The Labute approximate surface area is 125 Å². The molecule has 1 saturated heterocycles. The van der Waals surface area contributed by atoms with E-state index in [1.165, 1.54) is 12.1 Å². The first-order valence-electron chi connectivity index (χ1n) is 7.31. The largest absolute Gasteiger partial charge is 0.496 e. The molecule has 4 nitrogen and oxygen atoms in total. The number of carbonyl (C=O) groups excluding carboxylic acids is 1. The van der Waals surface area contributed by atoms with Gasteiger partial charge in [-0.05, 0) is 51.1 Å². The summed E-state index contributed by atoms with van der Waals surface area (Å²) in [7, 11) is 1.54. The van der Waals surface area contributed by atoms with E-state index in [2.05, 4.69) is 10.6 Å². The lowest BCUT2D eigenvalue weighted by Gasteiger charge is -2.33. The Morgan fingerprint density at radius 2 is 2.10 bits per heavy atom. The van der Waals surface area contributed by atoms with Crippen LogP contribution in [0.1, 0.15) is 38.3 Å². The van der Waals surface area contributed by atoms with Gasteiger partial charge in [0.05, 0.1) is 13.2 Å². The minimum absolute atomic E-state index is 0.0165. The molecule has 0 aromatic heterocycles. The fourth-order valence-electron chi connectivity index (χ4n) is 2.70. The molecular formula is C16H23FN2O2. The van der Waals surface area contributed by atoms with Gasteiger partial charge in [0.2, 0.25) is 5.91 Å². The number of amides is 1. The second-order valence-electron chi connectivity index (χ2n) is 5.89. The van der Waals surface area contributed by atoms with Gasteiger partial charge in [0.25, 0.3) is 0 Å². The third kappa shape index (κ3) is 3.53. The number of ether oxygens (including phenoxy) is 1. The number of benzene rings is 1. The molecule has 116 valence electrons. The summed E-state index contributed by atoms with van der Waals surface area (Å²) in [6.07, 6.45) is 1.62. The maximum absolute atomic E-state index is 13.4. The number of nitrogens with one attached hydrogen (secondary N) is 2. The van der Waals surface area contributed by atoms with Crippen LogP contribution in [-0.4, -0.2) is 26.1 Å². The molecule has 2 N–H and O–H groups in total. The van der Waals surface area contributed by atoms with Gasteiger partial charge in [-0.3, -0.25) is 4.79 Å². The van der Waals surface area contributed by atoms with E-state index in [4.69, 9.17) is 4.74 Å². The van der Waals surface area contributed by atoms with Gasteiger partial charge in [-0.25, -0.2) is 4.39 Å². The van der Waals surface area contributed by atoms with Crippen molar-refractivity contribution in [3.05, 3.63) is 29.6 Å². The van der Waals surface area contributed by atoms with Gasteiger partial charge in [0.1, 0.15) is 11.6 Å². The Balaban J connectivity index is 2.12. The molecule has 1 atom stereocenters. The van der Waals surface area contributed by atoms with Crippen LogP contribution in [0.3, 0.4) is 0 Å². The van der Waals surface area contributed by atoms with E-state index in [9.17, 15) is 9.18 Å². The predicted octanol–water partition coefficient (Wildman–Crippen LogP) is 2.40. The number of methoxy groups -OCH3 is 1. The summed E-state index contributed by atoms with van der Waals surface area (Å²) in [4.78, 5) is 12.5. The average Bonchev–Trinajstić information content (AvgIpc) is 2.47. The molecule has 1 aromatic rings. The van der Waals surface area contributed by atoms with Crippen LogP contribution in [0.5, 0.6) is 5.75 Å². The number of halogens is 1. The van der Waals surface area contributed by atoms with Gasteiger partial charge in [0, 0.05) is 11.0 Å². The van der Waals surface area contributed by atoms with E-state index < -0.39 is 0 Å². The third-order valence-electron chi connectivity index (χ3n) is 4.26. The quantitative estimate of drug-likeness (QED) is 0.896. The van der Waals surface area contributed by atoms with E-state index in [1.807, 2.05) is 13.8 Å². The molecule has 1 amide bonds. The molecule has 1 aliphatic rings. The summed E-state index contributed by atoms with van der Waals surface area (Å²) in [5.74, 6) is 0.266. The second kappa shape index (κ2) is 6.43. The predicted molar refractivity (Wildman–Crippen MR) is 79.7 cm³/mol. The van der Waals surface area contributed by atoms with Gasteiger partial charge in [-0.2, -0.15) is 0 Å². The highest BCUT2D eigenvalue weighted by molar-refractivity contribution is 5.82. The SMILES string of the molecule is COc1ccc(F)cc1C(C)NC(=O)C1(C)CCNCC1. The molecule has 0 spiro atoms. The van der Waals surface area contributed by atoms with Crippen LogP contribution in [0.2, 0.25) is 0 Å². The molecule has 1 aromatic carbocycles. The van der Waals surface area contributed by atoms with Gasteiger partial charge in [0.15, 0.2) is 0 Å². The molecule has 1 heterocycles. The molecule has 1 unspecified atom stereocenters. The van der Waals surface area contributed by atoms with E-state index in [-0.39, 0.29) is 23.2 Å². The van der Waals surface area contributed by atoms with Gasteiger partial charge >= 0.3 is 0 Å². The monoisotopic (exact) mass is 294 g/mol. The zero-order chi connectivity index (χ0) is 15.5. The molecule has 1 fully saturated rings. The van der Waals surface area contributed by atoms with Crippen molar-refractivity contribution in [3.8, 4) is 5.75 Å². The second-order valence-corrected chi connectivity index (χ2v) is 5.89. The number of hydrogen-bond acceptors (Lipinski definition) is 3. The van der Waals surface area contributed by atoms with Crippen molar-refractivity contribution in [3.63, 3.8) is 0 Å². The Morgan fingerprint density at radius 3 is 2.71 bits per heavy atom. The topological polar surface area (TPSA) is 50.4 Å². The lowest BCUT2D eigenvalue weighted by atomic mass is 9.80. The molecule has 2 rings (SSSR count). The Morgan fingerprint density at radius 1 is 1.43 bits per heavy atom. The number of hydrogen-bond donors (Lipinski definition) is 2. The first-order chi connectivity index (χ1) is 9.96. The smallest absolute Gasteiger partial charge is 0.226 e. The van der Waals surface area contributed by atoms with Crippen molar-refractivity contribution in [2.24, 2.45) is 5.41 Å². The van der Waals surface area contributed by atoms with E-state index >= 15 is 0 Å². The summed E-state index contributed by atoms with van der Waals surface area (Å²) in [6.45, 7) is 5.53. The van der Waals surface area contributed by atoms with Crippen molar-refractivity contribution in [2.75, 3.05) is 20.2 Å². The number of carbonyl (C=O) groups is 1. The highest BCUT2D eigenvalue weighted by Gasteiger charge is 2.35. The summed E-state index contributed by atoms with van der Waals surface area (Å²) in [5, 5.41) is 6.25. The molecule has 21 heavy (non-hydrogen) atoms. The molecule has 0 saturated carbocycles. The van der Waals surface area contributed by atoms with Crippen LogP contribution in [0.15, 0.2) is 18.2 Å². The lowest BCUT2D eigenvalue weighted by Crippen LogP contribution is -2.46. The molecule has 0 aliphatic carbocycles. The third-order valence-corrected chi connectivity index (χ3v) is 4.26. The summed E-state index contributed by atoms with van der Waals surface area (Å²) in [5.41, 5.74) is 0.295. The maximum atomic E-state index is 13.4. The highest BCUT2D eigenvalue weighted by atomic mass is 19.1. The minimum Gasteiger partial charge on any atom is -0.496 e. The maximum Gasteiger partial charge on any atom is 0.226 e. The summed E-state index contributed by atoms with van der Waals surface area (Å²) >= 11 is 0. The zero-order valence-electron chi connectivity index (χ0n) is 12.8. The lowest BCUT2D eigenvalue weighted by molar-refractivity contribution is -0.132. The zero-order valence-corrected chi connectivity index (χ0v) is 12.8. The van der Waals surface area contributed by atoms with E-state index in [0.717, 1.165) is 25.9 Å². The Bertz CT molecular complexity index is 513. The fourth-order valence-corrected chi connectivity index (χ4v) is 2.70. The van der Waals surface area contributed by atoms with Gasteiger partial charge < -0.3 is 15.4 Å². The molecule has 1 aliphatic heterocycles. The van der Waals surface area contributed by atoms with Crippen LogP contribution in [0, 0.1) is 11.2 Å². The first-order valence-corrected chi connectivity index (χ1v) is 7.31. The van der Waals surface area contributed by atoms with Crippen molar-refractivity contribution in [1.29, 1.82) is 0 Å². The van der Waals surface area contributed by atoms with Crippen LogP contribution < -0.4 is 15.4 Å². The number of piperidine rings is 1. The van der Waals surface area contributed by atoms with Crippen LogP contribution in [0.25, 0.3) is 0 Å². The first kappa shape index (κ1) is 15.8. The summed E-state index contributed by atoms with van der Waals surface area (Å²) in [6, 6.07) is 4.05. The molecular weight excluding hydrogens is 271 g/mol. The summed E-state index contributed by atoms with van der Waals surface area (Å²) < 4.78 is 18.7. The Kier molecular flexibility index (Phi) is 4.83. The van der Waals surface area contributed by atoms with Crippen LogP contribution >= 0.6 is 0 Å². The van der Waals surface area contributed by atoms with Gasteiger partial charge in [-0.1, -0.05) is 6.92 Å². The van der Waals surface area contributed by atoms with Crippen molar-refractivity contribution >= 4 is 5.91 Å². The fraction of sp³-hybridized carbons (Fsp3) is 0.562. The van der Waals surface area contributed by atoms with Crippen LogP contribution in [-0.2, 0) is 4.79 Å². The Hall–Kier alpha value is -1.62. The van der Waals surface area contributed by atoms with E-state index in [0.29, 0.717) is 11.3 Å². The van der Waals surface area contributed by atoms with Crippen molar-refractivity contribution < 1.29 is 13.9 Å². The standard InChI is InChI=1S/C16H23FN2O2/c1-11(13-10-12(17)4-5-14(13)21-3)19-15(20)16(2)6-8-18-9-7-16/h4-5,10-11,18H,6-9H2,1-3H3,(H,19,20). The van der Waals surface area contributed by atoms with Crippen molar-refractivity contribution in [1.82, 2.24) is 10.6 Å². The molecule has 0 radical (unpaired) electrons. The van der Waals surface area contributed by atoms with Crippen LogP contribution in [0.4, 0.5) is 4.39 Å². The molecule has 5 heteroatoms. The van der Waals surface area contributed by atoms with E-state index in [1.54, 1.807) is 13.2 Å². The molecule has 0 bridgehead atoms. The normalized spacial score (nSPS) is 18.9. The van der Waals surface area contributed by atoms with Crippen molar-refractivity contribution in [2.45, 2.75) is 32.7 Å². The van der Waals surface area contributed by atoms with Gasteiger partial charge in [-0.15, -0.1) is 0 Å².